The lowest BCUT2D eigenvalue weighted by Crippen LogP contribution is -2.18. The number of hydrogen-bond donors (Lipinski definition) is 2. The minimum atomic E-state index is -1.04. The summed E-state index contributed by atoms with van der Waals surface area (Å²) in [4.78, 5) is 23.2. The van der Waals surface area contributed by atoms with Crippen LogP contribution in [0, 0.1) is 0 Å². The first-order chi connectivity index (χ1) is 15.1. The predicted octanol–water partition coefficient (Wildman–Crippen LogP) is 5.15. The van der Waals surface area contributed by atoms with Crippen molar-refractivity contribution < 1.29 is 24.2 Å². The predicted molar refractivity (Wildman–Crippen MR) is 118 cm³/mol. The van der Waals surface area contributed by atoms with Crippen LogP contribution in [0.3, 0.4) is 0 Å². The third-order valence-corrected chi connectivity index (χ3v) is 5.22. The fourth-order valence-corrected chi connectivity index (χ4v) is 3.83. The van der Waals surface area contributed by atoms with Crippen LogP contribution >= 0.6 is 0 Å². The number of ether oxygens (including phenoxy) is 2. The first kappa shape index (κ1) is 20.2. The number of hydrogen-bond acceptors (Lipinski definition) is 4. The Morgan fingerprint density at radius 2 is 1.65 bits per heavy atom. The van der Waals surface area contributed by atoms with Crippen LogP contribution < -0.4 is 10.1 Å². The second kappa shape index (κ2) is 8.75. The molecule has 3 aromatic rings. The van der Waals surface area contributed by atoms with E-state index in [2.05, 4.69) is 29.6 Å². The van der Waals surface area contributed by atoms with Crippen LogP contribution in [0.4, 0.5) is 10.5 Å². The summed E-state index contributed by atoms with van der Waals surface area (Å²) in [7, 11) is 1.48. The number of fused-ring (bicyclic) bond motifs is 3. The summed E-state index contributed by atoms with van der Waals surface area (Å²) in [6.07, 6.45) is 1.89. The standard InChI is InChI=1S/C25H21NO5/c1-30-23-14-16(11-13-24(27)28)10-12-22(23)26-25(29)31-15-21-19-8-4-2-6-17(19)18-7-3-5-9-20(18)21/h2-14,21H,15H2,1H3,(H,26,29)(H,27,28)/b13-11+. The molecule has 0 saturated carbocycles. The van der Waals surface area contributed by atoms with Crippen LogP contribution in [-0.4, -0.2) is 30.9 Å². The van der Waals surface area contributed by atoms with Crippen LogP contribution in [0.1, 0.15) is 22.6 Å². The lowest BCUT2D eigenvalue weighted by atomic mass is 9.98. The smallest absolute Gasteiger partial charge is 0.411 e. The summed E-state index contributed by atoms with van der Waals surface area (Å²) >= 11 is 0. The molecule has 4 rings (SSSR count). The van der Waals surface area contributed by atoms with Gasteiger partial charge in [0.1, 0.15) is 12.4 Å². The van der Waals surface area contributed by atoms with Gasteiger partial charge < -0.3 is 14.6 Å². The van der Waals surface area contributed by atoms with E-state index in [1.807, 2.05) is 24.3 Å². The molecule has 2 N–H and O–H groups in total. The van der Waals surface area contributed by atoms with E-state index >= 15 is 0 Å². The van der Waals surface area contributed by atoms with Gasteiger partial charge >= 0.3 is 12.1 Å². The first-order valence-electron chi connectivity index (χ1n) is 9.78. The highest BCUT2D eigenvalue weighted by atomic mass is 16.5. The molecule has 0 fully saturated rings. The van der Waals surface area contributed by atoms with Gasteiger partial charge in [0.2, 0.25) is 0 Å². The van der Waals surface area contributed by atoms with E-state index in [4.69, 9.17) is 14.6 Å². The third kappa shape index (κ3) is 4.28. The minimum absolute atomic E-state index is 0.0245. The number of carboxylic acid groups (broad SMARTS) is 1. The van der Waals surface area contributed by atoms with Gasteiger partial charge in [0.05, 0.1) is 12.8 Å². The molecule has 0 aliphatic heterocycles. The van der Waals surface area contributed by atoms with Crippen molar-refractivity contribution in [1.82, 2.24) is 0 Å². The summed E-state index contributed by atoms with van der Waals surface area (Å²) in [6.45, 7) is 0.210. The Hall–Kier alpha value is -4.06. The maximum atomic E-state index is 12.5. The van der Waals surface area contributed by atoms with E-state index in [1.54, 1.807) is 18.2 Å². The number of nitrogens with one attached hydrogen (secondary N) is 1. The molecule has 1 amide bonds. The molecule has 0 spiro atoms. The zero-order valence-electron chi connectivity index (χ0n) is 16.9. The maximum Gasteiger partial charge on any atom is 0.411 e. The van der Waals surface area contributed by atoms with E-state index in [0.717, 1.165) is 17.2 Å². The second-order valence-electron chi connectivity index (χ2n) is 7.08. The van der Waals surface area contributed by atoms with Gasteiger partial charge in [-0.3, -0.25) is 5.32 Å². The van der Waals surface area contributed by atoms with Crippen LogP contribution in [-0.2, 0) is 9.53 Å². The van der Waals surface area contributed by atoms with Gasteiger partial charge in [-0.25, -0.2) is 9.59 Å². The average Bonchev–Trinajstić information content (AvgIpc) is 3.10. The van der Waals surface area contributed by atoms with Crippen molar-refractivity contribution in [3.63, 3.8) is 0 Å². The Bertz CT molecular complexity index is 1120. The highest BCUT2D eigenvalue weighted by molar-refractivity contribution is 5.88. The summed E-state index contributed by atoms with van der Waals surface area (Å²) in [6, 6.07) is 21.2. The molecule has 0 heterocycles. The number of methoxy groups -OCH3 is 1. The third-order valence-electron chi connectivity index (χ3n) is 5.22. The van der Waals surface area contributed by atoms with E-state index < -0.39 is 12.1 Å². The van der Waals surface area contributed by atoms with Crippen molar-refractivity contribution in [3.8, 4) is 16.9 Å². The first-order valence-corrected chi connectivity index (χ1v) is 9.78. The van der Waals surface area contributed by atoms with E-state index in [0.29, 0.717) is 17.0 Å². The van der Waals surface area contributed by atoms with E-state index in [1.165, 1.54) is 24.3 Å². The van der Waals surface area contributed by atoms with Crippen LogP contribution in [0.5, 0.6) is 5.75 Å². The van der Waals surface area contributed by atoms with Gasteiger partial charge in [0, 0.05) is 12.0 Å². The largest absolute Gasteiger partial charge is 0.495 e. The number of amides is 1. The Morgan fingerprint density at radius 1 is 1.00 bits per heavy atom. The molecule has 6 heteroatoms. The van der Waals surface area contributed by atoms with Crippen molar-refractivity contribution in [2.24, 2.45) is 0 Å². The van der Waals surface area contributed by atoms with Gasteiger partial charge in [-0.1, -0.05) is 54.6 Å². The normalized spacial score (nSPS) is 12.3. The van der Waals surface area contributed by atoms with Crippen molar-refractivity contribution in [2.45, 2.75) is 5.92 Å². The molecule has 0 atom stereocenters. The molecule has 3 aromatic carbocycles. The fourth-order valence-electron chi connectivity index (χ4n) is 3.83. The fraction of sp³-hybridized carbons (Fsp3) is 0.120. The van der Waals surface area contributed by atoms with Crippen molar-refractivity contribution in [3.05, 3.63) is 89.5 Å². The Kier molecular flexibility index (Phi) is 5.71. The zero-order valence-corrected chi connectivity index (χ0v) is 16.9. The summed E-state index contributed by atoms with van der Waals surface area (Å²) in [5, 5.41) is 11.5. The molecule has 0 radical (unpaired) electrons. The number of anilines is 1. The SMILES string of the molecule is COc1cc(/C=C/C(=O)O)ccc1NC(=O)OCC1c2ccccc2-c2ccccc21. The molecule has 1 aliphatic carbocycles. The van der Waals surface area contributed by atoms with Crippen molar-refractivity contribution in [2.75, 3.05) is 19.0 Å². The van der Waals surface area contributed by atoms with E-state index in [-0.39, 0.29) is 12.5 Å². The molecule has 0 bridgehead atoms. The zero-order chi connectivity index (χ0) is 21.8. The lowest BCUT2D eigenvalue weighted by Gasteiger charge is -2.15. The number of benzene rings is 3. The number of aliphatic carboxylic acids is 1. The minimum Gasteiger partial charge on any atom is -0.495 e. The molecule has 1 aliphatic rings. The topological polar surface area (TPSA) is 84.9 Å². The van der Waals surface area contributed by atoms with Gasteiger partial charge in [-0.2, -0.15) is 0 Å². The highest BCUT2D eigenvalue weighted by Gasteiger charge is 2.29. The van der Waals surface area contributed by atoms with Gasteiger partial charge in [0.15, 0.2) is 0 Å². The molecule has 31 heavy (non-hydrogen) atoms. The highest BCUT2D eigenvalue weighted by Crippen LogP contribution is 2.44. The number of carbonyl (C=O) groups excluding carboxylic acids is 1. The number of carboxylic acids is 1. The van der Waals surface area contributed by atoms with Crippen molar-refractivity contribution in [1.29, 1.82) is 0 Å². The number of carbonyl (C=O) groups is 2. The monoisotopic (exact) mass is 415 g/mol. The summed E-state index contributed by atoms with van der Waals surface area (Å²) < 4.78 is 10.9. The molecular formula is C25H21NO5. The van der Waals surface area contributed by atoms with Crippen LogP contribution in [0.25, 0.3) is 17.2 Å². The molecule has 6 nitrogen and oxygen atoms in total. The second-order valence-corrected chi connectivity index (χ2v) is 7.08. The molecule has 156 valence electrons. The summed E-state index contributed by atoms with van der Waals surface area (Å²) in [5.41, 5.74) is 5.69. The summed E-state index contributed by atoms with van der Waals surface area (Å²) in [5.74, 6) is -0.663. The quantitative estimate of drug-likeness (QED) is 0.544. The maximum absolute atomic E-state index is 12.5. The number of rotatable bonds is 6. The molecule has 0 aromatic heterocycles. The Balaban J connectivity index is 1.46. The average molecular weight is 415 g/mol. The molecule has 0 saturated heterocycles. The van der Waals surface area contributed by atoms with Crippen LogP contribution in [0.2, 0.25) is 0 Å². The van der Waals surface area contributed by atoms with Crippen molar-refractivity contribution >= 4 is 23.8 Å². The molecule has 0 unspecified atom stereocenters. The lowest BCUT2D eigenvalue weighted by molar-refractivity contribution is -0.131. The van der Waals surface area contributed by atoms with Gasteiger partial charge in [-0.05, 0) is 46.0 Å². The Morgan fingerprint density at radius 3 is 2.26 bits per heavy atom. The van der Waals surface area contributed by atoms with Gasteiger partial charge in [0.25, 0.3) is 0 Å². The molecular weight excluding hydrogens is 394 g/mol. The van der Waals surface area contributed by atoms with Crippen LogP contribution in [0.15, 0.2) is 72.8 Å². The van der Waals surface area contributed by atoms with Gasteiger partial charge in [-0.15, -0.1) is 0 Å². The van der Waals surface area contributed by atoms with E-state index in [9.17, 15) is 9.59 Å². The Labute approximate surface area is 179 Å².